The highest BCUT2D eigenvalue weighted by molar-refractivity contribution is 5.95. The molecular formula is C23H20F3N3O5. The van der Waals surface area contributed by atoms with Gasteiger partial charge in [-0.25, -0.2) is 9.78 Å². The number of hydrogen-bond donors (Lipinski definition) is 1. The minimum Gasteiger partial charge on any atom is -0.489 e. The molecule has 34 heavy (non-hydrogen) atoms. The van der Waals surface area contributed by atoms with Gasteiger partial charge in [-0.05, 0) is 36.4 Å². The molecule has 0 atom stereocenters. The lowest BCUT2D eigenvalue weighted by molar-refractivity contribution is -0.142. The summed E-state index contributed by atoms with van der Waals surface area (Å²) < 4.78 is 54.2. The van der Waals surface area contributed by atoms with Crippen molar-refractivity contribution in [2.45, 2.75) is 6.18 Å². The number of carbonyl (C=O) groups is 2. The highest BCUT2D eigenvalue weighted by atomic mass is 19.4. The van der Waals surface area contributed by atoms with Gasteiger partial charge < -0.3 is 19.5 Å². The van der Waals surface area contributed by atoms with Crippen LogP contribution in [0.25, 0.3) is 17.1 Å². The molecule has 1 N–H and O–H groups in total. The number of carbonyl (C=O) groups excluding carboxylic acids is 2. The molecule has 2 aromatic carbocycles. The third-order valence-electron chi connectivity index (χ3n) is 4.33. The molecule has 178 valence electrons. The molecule has 1 aromatic heterocycles. The van der Waals surface area contributed by atoms with Gasteiger partial charge in [0.2, 0.25) is 0 Å². The van der Waals surface area contributed by atoms with E-state index in [0.717, 1.165) is 24.3 Å². The van der Waals surface area contributed by atoms with E-state index in [1.54, 1.807) is 18.2 Å². The number of nitrogens with one attached hydrogen (secondary N) is 1. The van der Waals surface area contributed by atoms with E-state index in [1.165, 1.54) is 19.4 Å². The molecule has 0 bridgehead atoms. The number of benzene rings is 2. The summed E-state index contributed by atoms with van der Waals surface area (Å²) in [6.07, 6.45) is -0.713. The van der Waals surface area contributed by atoms with Crippen LogP contribution in [0.2, 0.25) is 0 Å². The van der Waals surface area contributed by atoms with Gasteiger partial charge in [0.05, 0.1) is 40.8 Å². The van der Waals surface area contributed by atoms with Crippen molar-refractivity contribution in [1.29, 1.82) is 0 Å². The number of hydrogen-bond acceptors (Lipinski definition) is 7. The fourth-order valence-corrected chi connectivity index (χ4v) is 2.74. The average Bonchev–Trinajstić information content (AvgIpc) is 2.81. The summed E-state index contributed by atoms with van der Waals surface area (Å²) in [7, 11) is 1.44. The summed E-state index contributed by atoms with van der Waals surface area (Å²) in [4.78, 5) is 32.6. The molecule has 0 aliphatic carbocycles. The van der Waals surface area contributed by atoms with Crippen LogP contribution in [-0.4, -0.2) is 48.8 Å². The van der Waals surface area contributed by atoms with Gasteiger partial charge in [0.25, 0.3) is 5.91 Å². The summed E-state index contributed by atoms with van der Waals surface area (Å²) in [5, 5.41) is 2.27. The van der Waals surface area contributed by atoms with E-state index < -0.39 is 30.2 Å². The summed E-state index contributed by atoms with van der Waals surface area (Å²) >= 11 is 0. The average molecular weight is 475 g/mol. The van der Waals surface area contributed by atoms with Gasteiger partial charge in [-0.3, -0.25) is 9.78 Å². The Morgan fingerprint density at radius 2 is 1.85 bits per heavy atom. The highest BCUT2D eigenvalue weighted by Gasteiger charge is 2.31. The summed E-state index contributed by atoms with van der Waals surface area (Å²) in [5.74, 6) is -1.67. The topological polar surface area (TPSA) is 99.6 Å². The van der Waals surface area contributed by atoms with Crippen molar-refractivity contribution in [3.63, 3.8) is 0 Å². The van der Waals surface area contributed by atoms with Crippen LogP contribution >= 0.6 is 0 Å². The Hall–Kier alpha value is -3.99. The Bertz CT molecular complexity index is 1200. The van der Waals surface area contributed by atoms with Crippen LogP contribution in [0.4, 0.5) is 18.9 Å². The van der Waals surface area contributed by atoms with E-state index in [4.69, 9.17) is 14.2 Å². The minimum atomic E-state index is -4.62. The number of ether oxygens (including phenoxy) is 3. The largest absolute Gasteiger partial charge is 0.489 e. The molecule has 8 nitrogen and oxygen atoms in total. The van der Waals surface area contributed by atoms with Gasteiger partial charge in [-0.2, -0.15) is 13.2 Å². The third-order valence-corrected chi connectivity index (χ3v) is 4.33. The van der Waals surface area contributed by atoms with E-state index >= 15 is 0 Å². The lowest BCUT2D eigenvalue weighted by Crippen LogP contribution is -2.21. The van der Waals surface area contributed by atoms with Crippen molar-refractivity contribution in [3.8, 4) is 5.75 Å². The first kappa shape index (κ1) is 24.6. The van der Waals surface area contributed by atoms with Crippen molar-refractivity contribution in [2.75, 3.05) is 32.2 Å². The number of methoxy groups -OCH3 is 1. The van der Waals surface area contributed by atoms with E-state index in [1.807, 2.05) is 6.07 Å². The van der Waals surface area contributed by atoms with Crippen molar-refractivity contribution in [3.05, 3.63) is 66.0 Å². The van der Waals surface area contributed by atoms with E-state index in [9.17, 15) is 22.8 Å². The highest BCUT2D eigenvalue weighted by Crippen LogP contribution is 2.35. The van der Waals surface area contributed by atoms with Crippen LogP contribution in [0.3, 0.4) is 0 Å². The van der Waals surface area contributed by atoms with Crippen molar-refractivity contribution >= 4 is 34.7 Å². The second kappa shape index (κ2) is 11.2. The normalized spacial score (nSPS) is 11.5. The van der Waals surface area contributed by atoms with Crippen LogP contribution in [0.15, 0.2) is 54.7 Å². The number of rotatable bonds is 9. The molecule has 0 aliphatic heterocycles. The zero-order valence-corrected chi connectivity index (χ0v) is 18.0. The van der Waals surface area contributed by atoms with Gasteiger partial charge in [0.15, 0.2) is 6.61 Å². The molecule has 0 fully saturated rings. The Balaban J connectivity index is 1.60. The molecule has 11 heteroatoms. The SMILES string of the molecule is COCCOc1ccc(C(F)(F)F)cc1NC(=O)COC(=O)C=Cc1cnc2ccccc2n1. The smallest absolute Gasteiger partial charge is 0.416 e. The van der Waals surface area contributed by atoms with Crippen LogP contribution in [0, 0.1) is 0 Å². The van der Waals surface area contributed by atoms with Gasteiger partial charge in [-0.15, -0.1) is 0 Å². The number of anilines is 1. The molecule has 0 aliphatic rings. The van der Waals surface area contributed by atoms with Gasteiger partial charge in [0.1, 0.15) is 12.4 Å². The molecule has 0 spiro atoms. The first-order chi connectivity index (χ1) is 16.3. The number of esters is 1. The number of nitrogens with zero attached hydrogens (tertiary/aromatic N) is 2. The molecule has 3 rings (SSSR count). The van der Waals surface area contributed by atoms with Crippen LogP contribution < -0.4 is 10.1 Å². The van der Waals surface area contributed by atoms with E-state index in [0.29, 0.717) is 16.7 Å². The van der Waals surface area contributed by atoms with Crippen LogP contribution in [0.1, 0.15) is 11.3 Å². The maximum atomic E-state index is 13.0. The molecule has 0 saturated carbocycles. The predicted molar refractivity (Wildman–Crippen MR) is 117 cm³/mol. The Morgan fingerprint density at radius 1 is 1.09 bits per heavy atom. The summed E-state index contributed by atoms with van der Waals surface area (Å²) in [5.41, 5.74) is 0.551. The quantitative estimate of drug-likeness (QED) is 0.285. The zero-order chi connectivity index (χ0) is 24.6. The lowest BCUT2D eigenvalue weighted by atomic mass is 10.1. The van der Waals surface area contributed by atoms with Gasteiger partial charge in [0, 0.05) is 13.2 Å². The summed E-state index contributed by atoms with van der Waals surface area (Å²) in [6, 6.07) is 9.84. The first-order valence-corrected chi connectivity index (χ1v) is 9.96. The Labute approximate surface area is 192 Å². The van der Waals surface area contributed by atoms with Crippen molar-refractivity contribution in [1.82, 2.24) is 9.97 Å². The second-order valence-corrected chi connectivity index (χ2v) is 6.82. The van der Waals surface area contributed by atoms with Gasteiger partial charge >= 0.3 is 12.1 Å². The van der Waals surface area contributed by atoms with Gasteiger partial charge in [-0.1, -0.05) is 12.1 Å². The zero-order valence-electron chi connectivity index (χ0n) is 18.0. The maximum Gasteiger partial charge on any atom is 0.416 e. The lowest BCUT2D eigenvalue weighted by Gasteiger charge is -2.15. The van der Waals surface area contributed by atoms with E-state index in [-0.39, 0.29) is 24.7 Å². The molecule has 0 unspecified atom stereocenters. The number of fused-ring (bicyclic) bond motifs is 1. The fourth-order valence-electron chi connectivity index (χ4n) is 2.74. The maximum absolute atomic E-state index is 13.0. The standard InChI is InChI=1S/C23H20F3N3O5/c1-32-10-11-33-20-8-6-15(23(24,25)26)12-19(20)29-21(30)14-34-22(31)9-7-16-13-27-17-4-2-3-5-18(17)28-16/h2-9,12-13H,10-11,14H2,1H3,(H,29,30). The molecule has 0 radical (unpaired) electrons. The Morgan fingerprint density at radius 3 is 2.59 bits per heavy atom. The van der Waals surface area contributed by atoms with Crippen LogP contribution in [0.5, 0.6) is 5.75 Å². The third kappa shape index (κ3) is 7.01. The van der Waals surface area contributed by atoms with Crippen molar-refractivity contribution in [2.24, 2.45) is 0 Å². The first-order valence-electron chi connectivity index (χ1n) is 9.96. The summed E-state index contributed by atoms with van der Waals surface area (Å²) in [6.45, 7) is -0.470. The predicted octanol–water partition coefficient (Wildman–Crippen LogP) is 3.87. The van der Waals surface area contributed by atoms with Crippen LogP contribution in [-0.2, 0) is 25.2 Å². The number of halogens is 3. The molecule has 1 amide bonds. The molecular weight excluding hydrogens is 455 g/mol. The number of aromatic nitrogens is 2. The van der Waals surface area contributed by atoms with E-state index in [2.05, 4.69) is 15.3 Å². The number of alkyl halides is 3. The molecule has 3 aromatic rings. The second-order valence-electron chi connectivity index (χ2n) is 6.82. The molecule has 1 heterocycles. The monoisotopic (exact) mass is 475 g/mol. The number of para-hydroxylation sites is 2. The minimum absolute atomic E-state index is 0.0134. The Kier molecular flexibility index (Phi) is 8.14. The van der Waals surface area contributed by atoms with Crippen molar-refractivity contribution < 1.29 is 37.0 Å². The molecule has 0 saturated heterocycles. The number of amides is 1. The fraction of sp³-hybridized carbons (Fsp3) is 0.217.